The van der Waals surface area contributed by atoms with Crippen LogP contribution in [0.1, 0.15) is 31.4 Å². The first-order valence-corrected chi connectivity index (χ1v) is 6.24. The van der Waals surface area contributed by atoms with Crippen LogP contribution in [0.2, 0.25) is 0 Å². The third kappa shape index (κ3) is 3.81. The highest BCUT2D eigenvalue weighted by Gasteiger charge is 2.18. The maximum absolute atomic E-state index is 13.3. The van der Waals surface area contributed by atoms with E-state index in [9.17, 15) is 9.18 Å². The number of amides is 1. The van der Waals surface area contributed by atoms with Gasteiger partial charge in [0.25, 0.3) is 0 Å². The molecule has 0 aromatic heterocycles. The van der Waals surface area contributed by atoms with Crippen molar-refractivity contribution < 1.29 is 9.18 Å². The smallest absolute Gasteiger partial charge is 0.237 e. The van der Waals surface area contributed by atoms with Crippen LogP contribution in [0.15, 0.2) is 18.2 Å². The maximum Gasteiger partial charge on any atom is 0.237 e. The fraction of sp³-hybridized carbons (Fsp3) is 0.500. The number of benzene rings is 1. The third-order valence-electron chi connectivity index (χ3n) is 3.26. The van der Waals surface area contributed by atoms with Gasteiger partial charge in [-0.3, -0.25) is 4.79 Å². The molecule has 0 fully saturated rings. The molecule has 0 aliphatic heterocycles. The lowest BCUT2D eigenvalue weighted by Crippen LogP contribution is -2.44. The number of rotatable bonds is 5. The Morgan fingerprint density at radius 2 is 2.17 bits per heavy atom. The van der Waals surface area contributed by atoms with Gasteiger partial charge in [-0.1, -0.05) is 32.4 Å². The normalized spacial score (nSPS) is 14.1. The minimum atomic E-state index is -0.509. The van der Waals surface area contributed by atoms with Gasteiger partial charge in [-0.25, -0.2) is 4.39 Å². The largest absolute Gasteiger partial charge is 0.351 e. The highest BCUT2D eigenvalue weighted by Crippen LogP contribution is 2.09. The zero-order valence-corrected chi connectivity index (χ0v) is 11.2. The fourth-order valence-electron chi connectivity index (χ4n) is 1.57. The second kappa shape index (κ2) is 6.50. The number of hydrogen-bond acceptors (Lipinski definition) is 2. The van der Waals surface area contributed by atoms with Crippen molar-refractivity contribution >= 4 is 5.91 Å². The van der Waals surface area contributed by atoms with Gasteiger partial charge in [0.05, 0.1) is 6.04 Å². The number of halogens is 1. The number of nitrogens with two attached hydrogens (primary N) is 1. The molecule has 100 valence electrons. The quantitative estimate of drug-likeness (QED) is 0.843. The summed E-state index contributed by atoms with van der Waals surface area (Å²) in [7, 11) is 0. The molecular formula is C14H21FN2O. The Labute approximate surface area is 108 Å². The lowest BCUT2D eigenvalue weighted by atomic mass is 9.99. The molecule has 0 heterocycles. The first kappa shape index (κ1) is 14.6. The predicted molar refractivity (Wildman–Crippen MR) is 70.4 cm³/mol. The summed E-state index contributed by atoms with van der Waals surface area (Å²) in [5.74, 6) is -0.307. The van der Waals surface area contributed by atoms with Crippen molar-refractivity contribution in [2.45, 2.75) is 39.8 Å². The molecule has 18 heavy (non-hydrogen) atoms. The summed E-state index contributed by atoms with van der Waals surface area (Å²) in [6, 6.07) is 4.42. The monoisotopic (exact) mass is 252 g/mol. The molecule has 2 atom stereocenters. The molecule has 3 N–H and O–H groups in total. The third-order valence-corrected chi connectivity index (χ3v) is 3.26. The van der Waals surface area contributed by atoms with Crippen molar-refractivity contribution in [3.05, 3.63) is 35.1 Å². The first-order valence-electron chi connectivity index (χ1n) is 6.24. The van der Waals surface area contributed by atoms with E-state index in [0.29, 0.717) is 12.1 Å². The lowest BCUT2D eigenvalue weighted by molar-refractivity contribution is -0.123. The lowest BCUT2D eigenvalue weighted by Gasteiger charge is -2.17. The summed E-state index contributed by atoms with van der Waals surface area (Å²) in [5, 5.41) is 2.73. The van der Waals surface area contributed by atoms with Crippen molar-refractivity contribution in [2.75, 3.05) is 0 Å². The molecule has 0 aliphatic carbocycles. The Bertz CT molecular complexity index is 420. The van der Waals surface area contributed by atoms with Crippen LogP contribution in [0.4, 0.5) is 4.39 Å². The predicted octanol–water partition coefficient (Wildman–Crippen LogP) is 2.12. The molecule has 1 aromatic rings. The minimum absolute atomic E-state index is 0.139. The van der Waals surface area contributed by atoms with Crippen molar-refractivity contribution in [1.82, 2.24) is 5.32 Å². The SMILES string of the molecule is CCC(C)[C@H](N)C(=O)NCc1ccc(C)c(F)c1. The molecule has 0 radical (unpaired) electrons. The molecule has 1 rings (SSSR count). The minimum Gasteiger partial charge on any atom is -0.351 e. The van der Waals surface area contributed by atoms with E-state index in [1.165, 1.54) is 6.07 Å². The Balaban J connectivity index is 2.54. The summed E-state index contributed by atoms with van der Waals surface area (Å²) in [5.41, 5.74) is 7.14. The maximum atomic E-state index is 13.3. The average Bonchev–Trinajstić information content (AvgIpc) is 2.37. The van der Waals surface area contributed by atoms with Gasteiger partial charge >= 0.3 is 0 Å². The number of hydrogen-bond donors (Lipinski definition) is 2. The Hall–Kier alpha value is -1.42. The fourth-order valence-corrected chi connectivity index (χ4v) is 1.57. The molecule has 1 unspecified atom stereocenters. The van der Waals surface area contributed by atoms with Crippen molar-refractivity contribution in [3.8, 4) is 0 Å². The average molecular weight is 252 g/mol. The van der Waals surface area contributed by atoms with Gasteiger partial charge in [0.2, 0.25) is 5.91 Å². The van der Waals surface area contributed by atoms with Crippen LogP contribution < -0.4 is 11.1 Å². The van der Waals surface area contributed by atoms with Gasteiger partial charge in [0.15, 0.2) is 0 Å². The van der Waals surface area contributed by atoms with E-state index in [0.717, 1.165) is 12.0 Å². The van der Waals surface area contributed by atoms with E-state index in [-0.39, 0.29) is 17.6 Å². The molecule has 0 aliphatic rings. The molecule has 0 spiro atoms. The van der Waals surface area contributed by atoms with Crippen molar-refractivity contribution in [2.24, 2.45) is 11.7 Å². The number of nitrogens with one attached hydrogen (secondary N) is 1. The summed E-state index contributed by atoms with van der Waals surface area (Å²) >= 11 is 0. The first-order chi connectivity index (χ1) is 8.45. The molecule has 0 saturated heterocycles. The van der Waals surface area contributed by atoms with Crippen molar-refractivity contribution in [1.29, 1.82) is 0 Å². The van der Waals surface area contributed by atoms with Crippen LogP contribution in [0.25, 0.3) is 0 Å². The van der Waals surface area contributed by atoms with E-state index in [2.05, 4.69) is 5.32 Å². The van der Waals surface area contributed by atoms with Crippen LogP contribution in [0.3, 0.4) is 0 Å². The van der Waals surface area contributed by atoms with Gasteiger partial charge in [0, 0.05) is 6.54 Å². The van der Waals surface area contributed by atoms with Gasteiger partial charge in [0.1, 0.15) is 5.82 Å². The molecule has 0 saturated carbocycles. The van der Waals surface area contributed by atoms with Crippen LogP contribution in [-0.4, -0.2) is 11.9 Å². The standard InChI is InChI=1S/C14H21FN2O/c1-4-9(2)13(16)14(18)17-8-11-6-5-10(3)12(15)7-11/h5-7,9,13H,4,8,16H2,1-3H3,(H,17,18)/t9?,13-/m0/s1. The van der Waals surface area contributed by atoms with E-state index < -0.39 is 6.04 Å². The van der Waals surface area contributed by atoms with E-state index >= 15 is 0 Å². The van der Waals surface area contributed by atoms with Crippen LogP contribution in [0.5, 0.6) is 0 Å². The van der Waals surface area contributed by atoms with Crippen LogP contribution >= 0.6 is 0 Å². The zero-order valence-electron chi connectivity index (χ0n) is 11.2. The number of carbonyl (C=O) groups is 1. The topological polar surface area (TPSA) is 55.1 Å². The molecule has 4 heteroatoms. The molecule has 1 aromatic carbocycles. The second-order valence-corrected chi connectivity index (χ2v) is 4.71. The molecule has 0 bridgehead atoms. The number of carbonyl (C=O) groups excluding carboxylic acids is 1. The van der Waals surface area contributed by atoms with Crippen LogP contribution in [0, 0.1) is 18.7 Å². The Kier molecular flexibility index (Phi) is 5.28. The van der Waals surface area contributed by atoms with E-state index in [1.807, 2.05) is 13.8 Å². The zero-order chi connectivity index (χ0) is 13.7. The van der Waals surface area contributed by atoms with Crippen molar-refractivity contribution in [3.63, 3.8) is 0 Å². The molecule has 1 amide bonds. The highest BCUT2D eigenvalue weighted by atomic mass is 19.1. The van der Waals surface area contributed by atoms with Gasteiger partial charge in [-0.2, -0.15) is 0 Å². The van der Waals surface area contributed by atoms with Gasteiger partial charge in [-0.15, -0.1) is 0 Å². The van der Waals surface area contributed by atoms with E-state index in [4.69, 9.17) is 5.73 Å². The van der Waals surface area contributed by atoms with Crippen LogP contribution in [-0.2, 0) is 11.3 Å². The highest BCUT2D eigenvalue weighted by molar-refractivity contribution is 5.81. The second-order valence-electron chi connectivity index (χ2n) is 4.71. The Morgan fingerprint density at radius 3 is 2.72 bits per heavy atom. The van der Waals surface area contributed by atoms with Gasteiger partial charge in [-0.05, 0) is 30.0 Å². The summed E-state index contributed by atoms with van der Waals surface area (Å²) < 4.78 is 13.3. The Morgan fingerprint density at radius 1 is 1.50 bits per heavy atom. The summed E-state index contributed by atoms with van der Waals surface area (Å²) in [6.07, 6.45) is 0.855. The molecular weight excluding hydrogens is 231 g/mol. The summed E-state index contributed by atoms with van der Waals surface area (Å²) in [6.45, 7) is 5.94. The number of aryl methyl sites for hydroxylation is 1. The summed E-state index contributed by atoms with van der Waals surface area (Å²) in [4.78, 5) is 11.7. The van der Waals surface area contributed by atoms with Gasteiger partial charge < -0.3 is 11.1 Å². The van der Waals surface area contributed by atoms with E-state index in [1.54, 1.807) is 19.1 Å². The molecule has 3 nitrogen and oxygen atoms in total.